The summed E-state index contributed by atoms with van der Waals surface area (Å²) >= 11 is 0. The summed E-state index contributed by atoms with van der Waals surface area (Å²) in [5.41, 5.74) is 5.31. The first kappa shape index (κ1) is 48.2. The minimum atomic E-state index is -4.72. The van der Waals surface area contributed by atoms with Crippen molar-refractivity contribution in [2.75, 3.05) is 19.8 Å². The number of carbonyl (C=O) groups is 3. The summed E-state index contributed by atoms with van der Waals surface area (Å²) in [4.78, 5) is 45.7. The summed E-state index contributed by atoms with van der Waals surface area (Å²) in [6.07, 6.45) is 37.4. The lowest BCUT2D eigenvalue weighted by atomic mass is 10.1. The van der Waals surface area contributed by atoms with E-state index >= 15 is 0 Å². The molecule has 51 heavy (non-hydrogen) atoms. The standard InChI is InChI=1S/C39H66NO10P/c1-3-5-7-9-11-13-15-16-17-18-19-20-21-23-24-26-28-30-37(41)47-32-35(33-48-51(45,46)49-34-36(40)39(43)44)50-38(42)31-29-27-25-22-14-12-10-8-6-4-2/h5,7,11,13,16-17,19-20,23-24,35-36H,3-4,6,8-10,12,14-15,18,21-22,25-34,40H2,1-2H3,(H,43,44)(H,45,46)/b7-5+,13-11+,17-16+,20-19+,24-23+/t35-,36+/m0/s1. The van der Waals surface area contributed by atoms with E-state index < -0.39 is 51.1 Å². The molecule has 0 saturated heterocycles. The average molecular weight is 740 g/mol. The Bertz CT molecular complexity index is 1100. The lowest BCUT2D eigenvalue weighted by Gasteiger charge is -2.20. The molecule has 0 aliphatic carbocycles. The Balaban J connectivity index is 4.53. The normalized spacial score (nSPS) is 14.6. The molecule has 0 fully saturated rings. The van der Waals surface area contributed by atoms with Crippen LogP contribution in [-0.2, 0) is 37.5 Å². The van der Waals surface area contributed by atoms with E-state index in [1.54, 1.807) is 0 Å². The first-order valence-corrected chi connectivity index (χ1v) is 20.3. The first-order valence-electron chi connectivity index (χ1n) is 18.8. The van der Waals surface area contributed by atoms with Crippen LogP contribution in [0.3, 0.4) is 0 Å². The Morgan fingerprint density at radius 3 is 1.63 bits per heavy atom. The molecule has 0 aliphatic rings. The van der Waals surface area contributed by atoms with Crippen LogP contribution in [0.4, 0.5) is 0 Å². The van der Waals surface area contributed by atoms with E-state index in [0.29, 0.717) is 19.3 Å². The molecular weight excluding hydrogens is 673 g/mol. The summed E-state index contributed by atoms with van der Waals surface area (Å²) in [7, 11) is -4.72. The van der Waals surface area contributed by atoms with Crippen LogP contribution in [-0.4, -0.2) is 59.9 Å². The number of carboxylic acids is 1. The first-order chi connectivity index (χ1) is 24.6. The van der Waals surface area contributed by atoms with Crippen LogP contribution in [0.1, 0.15) is 136 Å². The highest BCUT2D eigenvalue weighted by molar-refractivity contribution is 7.47. The number of rotatable bonds is 34. The van der Waals surface area contributed by atoms with Crippen molar-refractivity contribution in [3.8, 4) is 0 Å². The molecule has 4 N–H and O–H groups in total. The number of ether oxygens (including phenoxy) is 2. The number of unbranched alkanes of at least 4 members (excludes halogenated alkanes) is 10. The molecular formula is C39H66NO10P. The number of phosphoric acid groups is 1. The fourth-order valence-electron chi connectivity index (χ4n) is 4.57. The molecule has 0 heterocycles. The molecule has 0 saturated carbocycles. The SMILES string of the molecule is CC/C=C/C/C=C/C/C=C/C/C=C/C/C=C/CCCC(=O)OC[C@@H](COP(=O)(O)OC[C@@H](N)C(=O)O)OC(=O)CCCCCCCCCCCC. The van der Waals surface area contributed by atoms with Crippen LogP contribution in [0.25, 0.3) is 0 Å². The minimum absolute atomic E-state index is 0.142. The van der Waals surface area contributed by atoms with E-state index in [-0.39, 0.29) is 19.4 Å². The zero-order chi connectivity index (χ0) is 37.8. The van der Waals surface area contributed by atoms with Gasteiger partial charge >= 0.3 is 25.7 Å². The molecule has 12 heteroatoms. The highest BCUT2D eigenvalue weighted by atomic mass is 31.2. The number of nitrogens with two attached hydrogens (primary N) is 1. The fourth-order valence-corrected chi connectivity index (χ4v) is 5.35. The summed E-state index contributed by atoms with van der Waals surface area (Å²) in [6, 6.07) is -1.53. The molecule has 0 amide bonds. The molecule has 292 valence electrons. The summed E-state index contributed by atoms with van der Waals surface area (Å²) in [6.45, 7) is 2.58. The van der Waals surface area contributed by atoms with Gasteiger partial charge in [0.2, 0.25) is 0 Å². The number of allylic oxidation sites excluding steroid dienone is 10. The van der Waals surface area contributed by atoms with E-state index in [9.17, 15) is 23.8 Å². The van der Waals surface area contributed by atoms with Crippen LogP contribution in [0.2, 0.25) is 0 Å². The van der Waals surface area contributed by atoms with Crippen molar-refractivity contribution in [3.05, 3.63) is 60.8 Å². The van der Waals surface area contributed by atoms with Crippen LogP contribution >= 0.6 is 7.82 Å². The van der Waals surface area contributed by atoms with E-state index in [2.05, 4.69) is 67.0 Å². The highest BCUT2D eigenvalue weighted by Crippen LogP contribution is 2.43. The van der Waals surface area contributed by atoms with Gasteiger partial charge in [0.05, 0.1) is 13.2 Å². The molecule has 0 aromatic carbocycles. The number of carboxylic acid groups (broad SMARTS) is 1. The maximum atomic E-state index is 12.5. The summed E-state index contributed by atoms with van der Waals surface area (Å²) in [5, 5.41) is 8.85. The molecule has 1 unspecified atom stereocenters. The van der Waals surface area contributed by atoms with Crippen molar-refractivity contribution < 1.29 is 47.5 Å². The topological polar surface area (TPSA) is 172 Å². The fraction of sp³-hybridized carbons (Fsp3) is 0.667. The Morgan fingerprint density at radius 1 is 0.627 bits per heavy atom. The van der Waals surface area contributed by atoms with Crippen molar-refractivity contribution in [3.63, 3.8) is 0 Å². The quantitative estimate of drug-likeness (QED) is 0.0249. The second-order valence-electron chi connectivity index (χ2n) is 12.3. The van der Waals surface area contributed by atoms with Crippen LogP contribution in [0.5, 0.6) is 0 Å². The van der Waals surface area contributed by atoms with E-state index in [4.69, 9.17) is 24.8 Å². The summed E-state index contributed by atoms with van der Waals surface area (Å²) in [5.74, 6) is -2.46. The van der Waals surface area contributed by atoms with Gasteiger partial charge in [-0.05, 0) is 51.4 Å². The Kier molecular flexibility index (Phi) is 32.4. The lowest BCUT2D eigenvalue weighted by molar-refractivity contribution is -0.161. The lowest BCUT2D eigenvalue weighted by Crippen LogP contribution is -2.34. The van der Waals surface area contributed by atoms with E-state index in [0.717, 1.165) is 51.4 Å². The maximum absolute atomic E-state index is 12.5. The van der Waals surface area contributed by atoms with Gasteiger partial charge in [0.1, 0.15) is 12.6 Å². The largest absolute Gasteiger partial charge is 0.480 e. The maximum Gasteiger partial charge on any atom is 0.472 e. The van der Waals surface area contributed by atoms with Crippen LogP contribution in [0.15, 0.2) is 60.8 Å². The van der Waals surface area contributed by atoms with Gasteiger partial charge in [0, 0.05) is 12.8 Å². The number of hydrogen-bond acceptors (Lipinski definition) is 9. The van der Waals surface area contributed by atoms with Gasteiger partial charge in [0.15, 0.2) is 6.10 Å². The van der Waals surface area contributed by atoms with Crippen molar-refractivity contribution in [2.45, 2.75) is 148 Å². The van der Waals surface area contributed by atoms with Gasteiger partial charge in [-0.3, -0.25) is 23.4 Å². The zero-order valence-electron chi connectivity index (χ0n) is 31.2. The van der Waals surface area contributed by atoms with E-state index in [1.165, 1.54) is 38.5 Å². The van der Waals surface area contributed by atoms with Gasteiger partial charge in [-0.1, -0.05) is 132 Å². The third-order valence-corrected chi connectivity index (χ3v) is 8.48. The Morgan fingerprint density at radius 2 is 1.10 bits per heavy atom. The molecule has 3 atom stereocenters. The molecule has 0 spiro atoms. The molecule has 0 radical (unpaired) electrons. The van der Waals surface area contributed by atoms with Crippen molar-refractivity contribution >= 4 is 25.7 Å². The molecule has 11 nitrogen and oxygen atoms in total. The van der Waals surface area contributed by atoms with Gasteiger partial charge in [-0.15, -0.1) is 0 Å². The predicted octanol–water partition coefficient (Wildman–Crippen LogP) is 9.22. The van der Waals surface area contributed by atoms with Crippen molar-refractivity contribution in [1.29, 1.82) is 0 Å². The van der Waals surface area contributed by atoms with Gasteiger partial charge in [0.25, 0.3) is 0 Å². The number of phosphoric ester groups is 1. The van der Waals surface area contributed by atoms with Crippen LogP contribution < -0.4 is 5.73 Å². The van der Waals surface area contributed by atoms with Crippen LogP contribution in [0, 0.1) is 0 Å². The predicted molar refractivity (Wildman–Crippen MR) is 203 cm³/mol. The molecule has 0 bridgehead atoms. The summed E-state index contributed by atoms with van der Waals surface area (Å²) < 4.78 is 32.4. The number of hydrogen-bond donors (Lipinski definition) is 3. The van der Waals surface area contributed by atoms with Gasteiger partial charge < -0.3 is 25.2 Å². The number of aliphatic carboxylic acids is 1. The molecule has 0 aromatic heterocycles. The third-order valence-electron chi connectivity index (χ3n) is 7.53. The van der Waals surface area contributed by atoms with Gasteiger partial charge in [-0.25, -0.2) is 4.57 Å². The Hall–Kier alpha value is -2.82. The second kappa shape index (κ2) is 34.3. The molecule has 0 aliphatic heterocycles. The van der Waals surface area contributed by atoms with Gasteiger partial charge in [-0.2, -0.15) is 0 Å². The monoisotopic (exact) mass is 739 g/mol. The van der Waals surface area contributed by atoms with Crippen molar-refractivity contribution in [1.82, 2.24) is 0 Å². The number of esters is 2. The highest BCUT2D eigenvalue weighted by Gasteiger charge is 2.28. The third kappa shape index (κ3) is 34.1. The second-order valence-corrected chi connectivity index (χ2v) is 13.8. The Labute approximate surface area is 307 Å². The molecule has 0 rings (SSSR count). The minimum Gasteiger partial charge on any atom is -0.480 e. The molecule has 0 aromatic rings. The van der Waals surface area contributed by atoms with E-state index in [1.807, 2.05) is 12.2 Å². The van der Waals surface area contributed by atoms with Crippen molar-refractivity contribution in [2.24, 2.45) is 5.73 Å². The average Bonchev–Trinajstić information content (AvgIpc) is 3.10. The smallest absolute Gasteiger partial charge is 0.472 e. The zero-order valence-corrected chi connectivity index (χ0v) is 32.1. The number of carbonyl (C=O) groups excluding carboxylic acids is 2.